The van der Waals surface area contributed by atoms with Crippen LogP contribution in [0.3, 0.4) is 0 Å². The molecule has 2 aromatic rings. The summed E-state index contributed by atoms with van der Waals surface area (Å²) in [6.45, 7) is 6.24. The summed E-state index contributed by atoms with van der Waals surface area (Å²) < 4.78 is 11.3. The number of aromatic nitrogens is 4. The average Bonchev–Trinajstić information content (AvgIpc) is 3.33. The molecule has 4 heterocycles. The van der Waals surface area contributed by atoms with Crippen molar-refractivity contribution in [1.29, 1.82) is 0 Å². The van der Waals surface area contributed by atoms with E-state index in [4.69, 9.17) is 9.15 Å². The molecule has 2 aromatic heterocycles. The van der Waals surface area contributed by atoms with Gasteiger partial charge in [-0.3, -0.25) is 4.90 Å². The van der Waals surface area contributed by atoms with E-state index in [-0.39, 0.29) is 5.92 Å². The molecule has 26 heavy (non-hydrogen) atoms. The molecule has 140 valence electrons. The van der Waals surface area contributed by atoms with Crippen LogP contribution in [0.5, 0.6) is 0 Å². The summed E-state index contributed by atoms with van der Waals surface area (Å²) in [5, 5.41) is 8.43. The van der Waals surface area contributed by atoms with Gasteiger partial charge in [0.25, 0.3) is 0 Å². The molecule has 0 N–H and O–H groups in total. The fraction of sp³-hybridized carbons (Fsp3) is 0.667. The van der Waals surface area contributed by atoms with Crippen LogP contribution in [-0.2, 0) is 11.3 Å². The lowest BCUT2D eigenvalue weighted by atomic mass is 10.0. The fourth-order valence-corrected chi connectivity index (χ4v) is 3.70. The highest BCUT2D eigenvalue weighted by molar-refractivity contribution is 5.39. The van der Waals surface area contributed by atoms with Crippen LogP contribution < -0.4 is 4.90 Å². The van der Waals surface area contributed by atoms with Crippen LogP contribution in [-0.4, -0.2) is 64.5 Å². The van der Waals surface area contributed by atoms with E-state index >= 15 is 0 Å². The van der Waals surface area contributed by atoms with Gasteiger partial charge >= 0.3 is 0 Å². The molecule has 0 spiro atoms. The molecular formula is C18H26N6O2. The minimum absolute atomic E-state index is 0.270. The van der Waals surface area contributed by atoms with E-state index in [1.807, 2.05) is 13.0 Å². The average molecular weight is 358 g/mol. The number of hydrogen-bond acceptors (Lipinski definition) is 8. The van der Waals surface area contributed by atoms with Crippen LogP contribution in [0.25, 0.3) is 0 Å². The van der Waals surface area contributed by atoms with Crippen molar-refractivity contribution in [2.45, 2.75) is 44.7 Å². The molecule has 8 nitrogen and oxygen atoms in total. The summed E-state index contributed by atoms with van der Waals surface area (Å²) in [5.74, 6) is 2.71. The van der Waals surface area contributed by atoms with Gasteiger partial charge in [-0.2, -0.15) is 0 Å². The lowest BCUT2D eigenvalue weighted by molar-refractivity contribution is 0.180. The Morgan fingerprint density at radius 3 is 2.77 bits per heavy atom. The second-order valence-electron chi connectivity index (χ2n) is 7.23. The summed E-state index contributed by atoms with van der Waals surface area (Å²) >= 11 is 0. The molecule has 0 aromatic carbocycles. The molecule has 0 saturated carbocycles. The monoisotopic (exact) mass is 358 g/mol. The molecule has 4 rings (SSSR count). The van der Waals surface area contributed by atoms with Crippen LogP contribution >= 0.6 is 0 Å². The zero-order valence-corrected chi connectivity index (χ0v) is 15.5. The van der Waals surface area contributed by atoms with Gasteiger partial charge in [0.05, 0.1) is 19.1 Å². The van der Waals surface area contributed by atoms with Gasteiger partial charge in [-0.1, -0.05) is 0 Å². The Balaban J connectivity index is 1.29. The number of hydrogen-bond donors (Lipinski definition) is 0. The van der Waals surface area contributed by atoms with Crippen molar-refractivity contribution in [2.75, 3.05) is 38.3 Å². The van der Waals surface area contributed by atoms with Crippen LogP contribution in [0.1, 0.15) is 42.7 Å². The molecule has 0 radical (unpaired) electrons. The van der Waals surface area contributed by atoms with E-state index in [2.05, 4.69) is 37.0 Å². The second-order valence-corrected chi connectivity index (χ2v) is 7.23. The predicted octanol–water partition coefficient (Wildman–Crippen LogP) is 1.77. The first-order valence-corrected chi connectivity index (χ1v) is 9.33. The molecule has 0 amide bonds. The number of nitrogens with zero attached hydrogens (tertiary/aromatic N) is 6. The fourth-order valence-electron chi connectivity index (χ4n) is 3.70. The minimum atomic E-state index is 0.270. The molecule has 0 bridgehead atoms. The maximum Gasteiger partial charge on any atom is 0.230 e. The van der Waals surface area contributed by atoms with E-state index in [0.717, 1.165) is 62.9 Å². The highest BCUT2D eigenvalue weighted by Gasteiger charge is 2.26. The molecule has 8 heteroatoms. The van der Waals surface area contributed by atoms with E-state index in [9.17, 15) is 0 Å². The third kappa shape index (κ3) is 3.86. The van der Waals surface area contributed by atoms with Crippen molar-refractivity contribution < 1.29 is 9.15 Å². The first-order chi connectivity index (χ1) is 12.7. The largest absolute Gasteiger partial charge is 0.423 e. The van der Waals surface area contributed by atoms with E-state index < -0.39 is 0 Å². The van der Waals surface area contributed by atoms with Gasteiger partial charge in [0, 0.05) is 44.5 Å². The second kappa shape index (κ2) is 7.67. The van der Waals surface area contributed by atoms with Crippen LogP contribution in [0.15, 0.2) is 16.8 Å². The normalized spacial score (nSPS) is 22.0. The van der Waals surface area contributed by atoms with Crippen molar-refractivity contribution in [2.24, 2.45) is 0 Å². The molecule has 2 aliphatic rings. The van der Waals surface area contributed by atoms with E-state index in [1.54, 1.807) is 6.33 Å². The topological polar surface area (TPSA) is 80.4 Å². The summed E-state index contributed by atoms with van der Waals surface area (Å²) in [4.78, 5) is 13.2. The lowest BCUT2D eigenvalue weighted by Crippen LogP contribution is -2.43. The van der Waals surface area contributed by atoms with Crippen molar-refractivity contribution in [3.8, 4) is 0 Å². The molecule has 0 aliphatic carbocycles. The van der Waals surface area contributed by atoms with Crippen molar-refractivity contribution in [1.82, 2.24) is 25.1 Å². The Hall–Kier alpha value is -2.06. The first kappa shape index (κ1) is 17.4. The zero-order valence-electron chi connectivity index (χ0n) is 15.5. The third-order valence-electron chi connectivity index (χ3n) is 5.38. The maximum atomic E-state index is 5.86. The lowest BCUT2D eigenvalue weighted by Gasteiger charge is -2.36. The van der Waals surface area contributed by atoms with Crippen molar-refractivity contribution >= 4 is 5.82 Å². The van der Waals surface area contributed by atoms with Crippen LogP contribution in [0, 0.1) is 6.92 Å². The molecule has 1 unspecified atom stereocenters. The van der Waals surface area contributed by atoms with Gasteiger partial charge in [-0.05, 0) is 26.2 Å². The predicted molar refractivity (Wildman–Crippen MR) is 95.9 cm³/mol. The minimum Gasteiger partial charge on any atom is -0.423 e. The maximum absolute atomic E-state index is 5.86. The molecule has 1 atom stereocenters. The number of aryl methyl sites for hydroxylation is 1. The van der Waals surface area contributed by atoms with Gasteiger partial charge in [0.1, 0.15) is 12.1 Å². The number of ether oxygens (including phenoxy) is 1. The molecular weight excluding hydrogens is 332 g/mol. The van der Waals surface area contributed by atoms with Gasteiger partial charge in [-0.15, -0.1) is 10.2 Å². The quantitative estimate of drug-likeness (QED) is 0.800. The number of rotatable bonds is 5. The smallest absolute Gasteiger partial charge is 0.230 e. The molecule has 2 saturated heterocycles. The van der Waals surface area contributed by atoms with Crippen molar-refractivity contribution in [3.05, 3.63) is 29.9 Å². The highest BCUT2D eigenvalue weighted by atomic mass is 16.5. The Labute approximate surface area is 153 Å². The Kier molecular flexibility index (Phi) is 5.12. The van der Waals surface area contributed by atoms with Gasteiger partial charge in [-0.25, -0.2) is 9.97 Å². The van der Waals surface area contributed by atoms with Gasteiger partial charge in [0.15, 0.2) is 0 Å². The van der Waals surface area contributed by atoms with E-state index in [1.165, 1.54) is 0 Å². The Morgan fingerprint density at radius 2 is 2.04 bits per heavy atom. The summed E-state index contributed by atoms with van der Waals surface area (Å²) in [6, 6.07) is 2.54. The zero-order chi connectivity index (χ0) is 17.9. The Bertz CT molecular complexity index is 722. The molecule has 2 aliphatic heterocycles. The number of anilines is 1. The molecule has 2 fully saturated rings. The van der Waals surface area contributed by atoms with Crippen LogP contribution in [0.4, 0.5) is 5.82 Å². The van der Waals surface area contributed by atoms with E-state index in [0.29, 0.717) is 18.5 Å². The van der Waals surface area contributed by atoms with Gasteiger partial charge < -0.3 is 14.1 Å². The standard InChI is InChI=1S/C18H26N6O2/c1-13-9-16(20-12-19-13)23(2)15-3-6-24(7-4-15)10-17-21-22-18(26-17)14-5-8-25-11-14/h9,12,14-15H,3-8,10-11H2,1-2H3. The SMILES string of the molecule is Cc1cc(N(C)C2CCN(Cc3nnc(C4CCOC4)o3)CC2)ncn1. The summed E-state index contributed by atoms with van der Waals surface area (Å²) in [5.41, 5.74) is 0.999. The Morgan fingerprint density at radius 1 is 1.19 bits per heavy atom. The highest BCUT2D eigenvalue weighted by Crippen LogP contribution is 2.25. The number of likely N-dealkylation sites (tertiary alicyclic amines) is 1. The number of piperidine rings is 1. The van der Waals surface area contributed by atoms with Crippen molar-refractivity contribution in [3.63, 3.8) is 0 Å². The first-order valence-electron chi connectivity index (χ1n) is 9.33. The van der Waals surface area contributed by atoms with Gasteiger partial charge in [0.2, 0.25) is 11.8 Å². The summed E-state index contributed by atoms with van der Waals surface area (Å²) in [6.07, 6.45) is 4.80. The summed E-state index contributed by atoms with van der Waals surface area (Å²) in [7, 11) is 2.12. The van der Waals surface area contributed by atoms with Crippen LogP contribution in [0.2, 0.25) is 0 Å². The third-order valence-corrected chi connectivity index (χ3v) is 5.38.